The molecule has 118 valence electrons. The maximum Gasteiger partial charge on any atom is 0.410 e. The lowest BCUT2D eigenvalue weighted by Crippen LogP contribution is -2.52. The molecule has 8 heteroatoms. The van der Waals surface area contributed by atoms with Crippen molar-refractivity contribution >= 4 is 28.7 Å². The van der Waals surface area contributed by atoms with E-state index in [4.69, 9.17) is 16.3 Å². The summed E-state index contributed by atoms with van der Waals surface area (Å²) in [4.78, 5) is 13.5. The summed E-state index contributed by atoms with van der Waals surface area (Å²) >= 11 is 5.81. The number of carbonyl (C=O) groups excluding carboxylic acids is 1. The molecule has 0 unspecified atom stereocenters. The number of amides is 1. The number of nitrogens with zero attached hydrogens (tertiary/aromatic N) is 4. The Labute approximate surface area is 131 Å². The van der Waals surface area contributed by atoms with Gasteiger partial charge in [-0.05, 0) is 26.8 Å². The van der Waals surface area contributed by atoms with Gasteiger partial charge in [0, 0.05) is 19.2 Å². The molecule has 0 spiro atoms. The molecule has 0 aliphatic carbocycles. The lowest BCUT2D eigenvalue weighted by molar-refractivity contribution is -0.0000721. The predicted octanol–water partition coefficient (Wildman–Crippen LogP) is 3.02. The van der Waals surface area contributed by atoms with Crippen molar-refractivity contribution in [2.75, 3.05) is 13.1 Å². The number of hydrogen-bond acceptors (Lipinski definition) is 4. The number of hydrogen-bond donors (Lipinski definition) is 0. The van der Waals surface area contributed by atoms with Gasteiger partial charge in [-0.15, -0.1) is 5.10 Å². The summed E-state index contributed by atoms with van der Waals surface area (Å²) in [6.45, 7) is 6.42. The van der Waals surface area contributed by atoms with Crippen LogP contribution in [0.5, 0.6) is 0 Å². The van der Waals surface area contributed by atoms with Crippen molar-refractivity contribution in [3.8, 4) is 0 Å². The van der Waals surface area contributed by atoms with E-state index in [1.54, 1.807) is 9.58 Å². The topological polar surface area (TPSA) is 60.2 Å². The van der Waals surface area contributed by atoms with Gasteiger partial charge in [-0.1, -0.05) is 16.8 Å². The number of benzene rings is 1. The van der Waals surface area contributed by atoms with Crippen LogP contribution in [0.1, 0.15) is 26.8 Å². The number of aromatic nitrogens is 3. The molecular weight excluding hydrogens is 311 g/mol. The normalized spacial score (nSPS) is 16.0. The lowest BCUT2D eigenvalue weighted by Gasteiger charge is -2.39. The molecular formula is C14H16ClFN4O2. The first-order valence-corrected chi connectivity index (χ1v) is 7.30. The summed E-state index contributed by atoms with van der Waals surface area (Å²) in [5.41, 5.74) is 0.575. The fourth-order valence-electron chi connectivity index (χ4n) is 2.29. The van der Waals surface area contributed by atoms with Crippen LogP contribution in [0.25, 0.3) is 11.0 Å². The van der Waals surface area contributed by atoms with Gasteiger partial charge in [0.05, 0.1) is 16.6 Å². The molecule has 1 aromatic heterocycles. The largest absolute Gasteiger partial charge is 0.444 e. The third-order valence-electron chi connectivity index (χ3n) is 3.37. The molecule has 0 saturated carbocycles. The van der Waals surface area contributed by atoms with Crippen LogP contribution in [-0.4, -0.2) is 44.7 Å². The standard InChI is InChI=1S/C14H16ClFN4O2/c1-14(2,3)22-13(21)19-6-8(7-19)20-12-4-9(15)10(16)5-11(12)17-18-20/h4-5,8H,6-7H2,1-3H3. The summed E-state index contributed by atoms with van der Waals surface area (Å²) in [6.07, 6.45) is -0.350. The summed E-state index contributed by atoms with van der Waals surface area (Å²) in [5, 5.41) is 7.99. The maximum atomic E-state index is 13.4. The average Bonchev–Trinajstić information content (AvgIpc) is 2.69. The number of likely N-dealkylation sites (tertiary alicyclic amines) is 1. The summed E-state index contributed by atoms with van der Waals surface area (Å²) < 4.78 is 20.4. The first-order chi connectivity index (χ1) is 10.2. The Bertz CT molecular complexity index is 734. The highest BCUT2D eigenvalue weighted by molar-refractivity contribution is 6.31. The molecule has 1 saturated heterocycles. The highest BCUT2D eigenvalue weighted by Crippen LogP contribution is 2.28. The molecule has 1 fully saturated rings. The Morgan fingerprint density at radius 2 is 2.09 bits per heavy atom. The Balaban J connectivity index is 1.73. The molecule has 6 nitrogen and oxygen atoms in total. The van der Waals surface area contributed by atoms with Gasteiger partial charge >= 0.3 is 6.09 Å². The zero-order valence-corrected chi connectivity index (χ0v) is 13.3. The second-order valence-electron chi connectivity index (χ2n) is 6.33. The van der Waals surface area contributed by atoms with Gasteiger partial charge in [-0.25, -0.2) is 13.9 Å². The first-order valence-electron chi connectivity index (χ1n) is 6.92. The monoisotopic (exact) mass is 326 g/mol. The van der Waals surface area contributed by atoms with Crippen molar-refractivity contribution in [2.24, 2.45) is 0 Å². The molecule has 0 radical (unpaired) electrons. The molecule has 1 amide bonds. The second kappa shape index (κ2) is 5.08. The summed E-state index contributed by atoms with van der Waals surface area (Å²) in [6, 6.07) is 2.74. The molecule has 1 aliphatic heterocycles. The Morgan fingerprint density at radius 1 is 1.41 bits per heavy atom. The van der Waals surface area contributed by atoms with Crippen LogP contribution in [0.3, 0.4) is 0 Å². The SMILES string of the molecule is CC(C)(C)OC(=O)N1CC(n2nnc3cc(F)c(Cl)cc32)C1. The smallest absolute Gasteiger partial charge is 0.410 e. The van der Waals surface area contributed by atoms with Gasteiger partial charge < -0.3 is 9.64 Å². The molecule has 2 heterocycles. The van der Waals surface area contributed by atoms with Crippen LogP contribution in [0.4, 0.5) is 9.18 Å². The van der Waals surface area contributed by atoms with Crippen LogP contribution >= 0.6 is 11.6 Å². The van der Waals surface area contributed by atoms with Gasteiger partial charge in [-0.2, -0.15) is 0 Å². The number of carbonyl (C=O) groups is 1. The first kappa shape index (κ1) is 15.0. The van der Waals surface area contributed by atoms with Crippen LogP contribution < -0.4 is 0 Å². The number of ether oxygens (including phenoxy) is 1. The second-order valence-corrected chi connectivity index (χ2v) is 6.74. The molecule has 2 aromatic rings. The third kappa shape index (κ3) is 2.72. The van der Waals surface area contributed by atoms with E-state index in [0.717, 1.165) is 0 Å². The third-order valence-corrected chi connectivity index (χ3v) is 3.66. The van der Waals surface area contributed by atoms with E-state index in [1.165, 1.54) is 12.1 Å². The van der Waals surface area contributed by atoms with Crippen LogP contribution in [0.15, 0.2) is 12.1 Å². The highest BCUT2D eigenvalue weighted by atomic mass is 35.5. The van der Waals surface area contributed by atoms with Gasteiger partial charge in [0.2, 0.25) is 0 Å². The average molecular weight is 327 g/mol. The zero-order valence-electron chi connectivity index (χ0n) is 12.5. The number of halogens is 2. The van der Waals surface area contributed by atoms with E-state index >= 15 is 0 Å². The zero-order chi connectivity index (χ0) is 16.1. The Morgan fingerprint density at radius 3 is 2.73 bits per heavy atom. The van der Waals surface area contributed by atoms with Crippen molar-refractivity contribution in [2.45, 2.75) is 32.4 Å². The summed E-state index contributed by atoms with van der Waals surface area (Å²) in [5.74, 6) is -0.523. The van der Waals surface area contributed by atoms with E-state index < -0.39 is 11.4 Å². The van der Waals surface area contributed by atoms with Gasteiger partial charge in [0.15, 0.2) is 0 Å². The minimum Gasteiger partial charge on any atom is -0.444 e. The van der Waals surface area contributed by atoms with E-state index in [0.29, 0.717) is 24.1 Å². The van der Waals surface area contributed by atoms with Crippen LogP contribution in [0.2, 0.25) is 5.02 Å². The fourth-order valence-corrected chi connectivity index (χ4v) is 2.45. The molecule has 1 aromatic carbocycles. The van der Waals surface area contributed by atoms with Crippen molar-refractivity contribution < 1.29 is 13.9 Å². The van der Waals surface area contributed by atoms with Crippen LogP contribution in [0, 0.1) is 5.82 Å². The molecule has 0 N–H and O–H groups in total. The van der Waals surface area contributed by atoms with Gasteiger partial charge in [-0.3, -0.25) is 0 Å². The van der Waals surface area contributed by atoms with E-state index in [-0.39, 0.29) is 17.2 Å². The molecule has 0 atom stereocenters. The van der Waals surface area contributed by atoms with Crippen molar-refractivity contribution in [1.82, 2.24) is 19.9 Å². The van der Waals surface area contributed by atoms with Gasteiger partial charge in [0.1, 0.15) is 16.9 Å². The predicted molar refractivity (Wildman–Crippen MR) is 79.3 cm³/mol. The quantitative estimate of drug-likeness (QED) is 0.808. The summed E-state index contributed by atoms with van der Waals surface area (Å²) in [7, 11) is 0. The molecule has 1 aliphatic rings. The minimum atomic E-state index is -0.523. The van der Waals surface area contributed by atoms with Crippen LogP contribution in [-0.2, 0) is 4.74 Å². The number of rotatable bonds is 1. The maximum absolute atomic E-state index is 13.4. The number of fused-ring (bicyclic) bond motifs is 1. The molecule has 22 heavy (non-hydrogen) atoms. The Hall–Kier alpha value is -1.89. The lowest BCUT2D eigenvalue weighted by atomic mass is 10.1. The highest BCUT2D eigenvalue weighted by Gasteiger charge is 2.36. The minimum absolute atomic E-state index is 0.0148. The van der Waals surface area contributed by atoms with Crippen molar-refractivity contribution in [3.63, 3.8) is 0 Å². The van der Waals surface area contributed by atoms with Gasteiger partial charge in [0.25, 0.3) is 0 Å². The van der Waals surface area contributed by atoms with E-state index in [9.17, 15) is 9.18 Å². The molecule has 3 rings (SSSR count). The fraction of sp³-hybridized carbons (Fsp3) is 0.500. The van der Waals surface area contributed by atoms with Crippen molar-refractivity contribution in [1.29, 1.82) is 0 Å². The van der Waals surface area contributed by atoms with E-state index in [1.807, 2.05) is 20.8 Å². The van der Waals surface area contributed by atoms with Crippen molar-refractivity contribution in [3.05, 3.63) is 23.0 Å². The molecule has 0 bridgehead atoms. The van der Waals surface area contributed by atoms with E-state index in [2.05, 4.69) is 10.3 Å². The Kier molecular flexibility index (Phi) is 3.47.